The zero-order valence-electron chi connectivity index (χ0n) is 14.0. The maximum atomic E-state index is 11.1. The first-order valence-electron chi connectivity index (χ1n) is 8.01. The van der Waals surface area contributed by atoms with Crippen LogP contribution >= 0.6 is 35.0 Å². The molecule has 1 heterocycles. The highest BCUT2D eigenvalue weighted by atomic mass is 35.5. The molecule has 2 aromatic rings. The lowest BCUT2D eigenvalue weighted by Crippen LogP contribution is -2.10. The van der Waals surface area contributed by atoms with Crippen LogP contribution in [0.2, 0.25) is 10.0 Å². The van der Waals surface area contributed by atoms with Gasteiger partial charge in [0.2, 0.25) is 0 Å². The molecular formula is C19H20Cl2O4S. The van der Waals surface area contributed by atoms with Gasteiger partial charge in [0.05, 0.1) is 19.8 Å². The number of hydrogen-bond donors (Lipinski definition) is 2. The van der Waals surface area contributed by atoms with Gasteiger partial charge < -0.3 is 14.9 Å². The fourth-order valence-corrected chi connectivity index (χ4v) is 3.51. The Morgan fingerprint density at radius 1 is 1.00 bits per heavy atom. The van der Waals surface area contributed by atoms with Crippen LogP contribution in [0, 0.1) is 0 Å². The van der Waals surface area contributed by atoms with Crippen molar-refractivity contribution in [3.8, 4) is 0 Å². The SMILES string of the molecule is O=C1CC(COCc2ccc(Cl)cc2)SC1O.OCc1ccc(Cl)cc1. The number of carbonyl (C=O) groups excluding carboxylic acids is 1. The molecule has 140 valence electrons. The van der Waals surface area contributed by atoms with E-state index in [1.807, 2.05) is 24.3 Å². The molecule has 26 heavy (non-hydrogen) atoms. The molecule has 0 spiro atoms. The van der Waals surface area contributed by atoms with Gasteiger partial charge in [0.1, 0.15) is 0 Å². The van der Waals surface area contributed by atoms with Crippen LogP contribution in [0.25, 0.3) is 0 Å². The van der Waals surface area contributed by atoms with E-state index in [0.29, 0.717) is 29.7 Å². The molecule has 1 aliphatic heterocycles. The summed E-state index contributed by atoms with van der Waals surface area (Å²) in [6.45, 7) is 1.06. The normalized spacial score (nSPS) is 19.2. The zero-order chi connectivity index (χ0) is 18.9. The van der Waals surface area contributed by atoms with Crippen LogP contribution in [0.4, 0.5) is 0 Å². The van der Waals surface area contributed by atoms with Gasteiger partial charge >= 0.3 is 0 Å². The summed E-state index contributed by atoms with van der Waals surface area (Å²) in [6, 6.07) is 14.6. The largest absolute Gasteiger partial charge is 0.392 e. The quantitative estimate of drug-likeness (QED) is 0.771. The molecule has 1 saturated heterocycles. The van der Waals surface area contributed by atoms with Crippen molar-refractivity contribution in [1.29, 1.82) is 0 Å². The fourth-order valence-electron chi connectivity index (χ4n) is 2.21. The van der Waals surface area contributed by atoms with Crippen molar-refractivity contribution in [2.45, 2.75) is 30.3 Å². The highest BCUT2D eigenvalue weighted by molar-refractivity contribution is 8.01. The molecule has 0 radical (unpaired) electrons. The smallest absolute Gasteiger partial charge is 0.172 e. The van der Waals surface area contributed by atoms with Gasteiger partial charge in [0.25, 0.3) is 0 Å². The number of hydrogen-bond acceptors (Lipinski definition) is 5. The van der Waals surface area contributed by atoms with Crippen LogP contribution in [-0.4, -0.2) is 33.3 Å². The predicted octanol–water partition coefficient (Wildman–Crippen LogP) is 4.08. The van der Waals surface area contributed by atoms with Gasteiger partial charge in [-0.1, -0.05) is 47.5 Å². The molecule has 3 rings (SSSR count). The summed E-state index contributed by atoms with van der Waals surface area (Å²) in [6.07, 6.45) is 0.395. The maximum absolute atomic E-state index is 11.1. The third kappa shape index (κ3) is 7.27. The minimum absolute atomic E-state index is 0.0739. The summed E-state index contributed by atoms with van der Waals surface area (Å²) >= 11 is 12.6. The number of aliphatic hydroxyl groups excluding tert-OH is 2. The monoisotopic (exact) mass is 414 g/mol. The van der Waals surface area contributed by atoms with E-state index in [4.69, 9.17) is 33.0 Å². The Morgan fingerprint density at radius 3 is 2.00 bits per heavy atom. The second-order valence-electron chi connectivity index (χ2n) is 5.71. The lowest BCUT2D eigenvalue weighted by atomic mass is 10.2. The van der Waals surface area contributed by atoms with Crippen LogP contribution in [0.3, 0.4) is 0 Å². The van der Waals surface area contributed by atoms with E-state index in [0.717, 1.165) is 11.1 Å². The topological polar surface area (TPSA) is 66.8 Å². The standard InChI is InChI=1S/C12H13ClO3S.C7H7ClO/c13-9-3-1-8(2-4-9)6-16-7-10-5-11(14)12(15)17-10;8-7-3-1-6(5-9)2-4-7/h1-4,10,12,15H,5-7H2;1-4,9H,5H2. The number of benzene rings is 2. The van der Waals surface area contributed by atoms with Gasteiger partial charge in [-0.2, -0.15) is 0 Å². The first-order chi connectivity index (χ1) is 12.5. The Labute approximate surface area is 167 Å². The van der Waals surface area contributed by atoms with Crippen molar-refractivity contribution >= 4 is 40.7 Å². The molecule has 0 amide bonds. The molecule has 2 atom stereocenters. The Hall–Kier alpha value is -1.08. The van der Waals surface area contributed by atoms with Crippen molar-refractivity contribution in [1.82, 2.24) is 0 Å². The van der Waals surface area contributed by atoms with Crippen LogP contribution in [-0.2, 0) is 22.7 Å². The second-order valence-corrected chi connectivity index (χ2v) is 7.97. The van der Waals surface area contributed by atoms with Gasteiger partial charge in [-0.3, -0.25) is 4.79 Å². The molecule has 4 nitrogen and oxygen atoms in total. The van der Waals surface area contributed by atoms with Gasteiger partial charge in [-0.15, -0.1) is 11.8 Å². The number of carbonyl (C=O) groups is 1. The Bertz CT molecular complexity index is 692. The van der Waals surface area contributed by atoms with E-state index in [-0.39, 0.29) is 17.6 Å². The van der Waals surface area contributed by atoms with Crippen molar-refractivity contribution in [2.24, 2.45) is 0 Å². The number of halogens is 2. The summed E-state index contributed by atoms with van der Waals surface area (Å²) in [5.74, 6) is -0.102. The molecule has 0 bridgehead atoms. The average molecular weight is 415 g/mol. The van der Waals surface area contributed by atoms with Gasteiger partial charge in [0.15, 0.2) is 11.2 Å². The van der Waals surface area contributed by atoms with Crippen LogP contribution in [0.15, 0.2) is 48.5 Å². The lowest BCUT2D eigenvalue weighted by molar-refractivity contribution is -0.122. The van der Waals surface area contributed by atoms with Crippen LogP contribution in [0.1, 0.15) is 17.5 Å². The van der Waals surface area contributed by atoms with Crippen molar-refractivity contribution < 1.29 is 19.7 Å². The molecule has 7 heteroatoms. The van der Waals surface area contributed by atoms with E-state index in [1.165, 1.54) is 11.8 Å². The van der Waals surface area contributed by atoms with E-state index in [2.05, 4.69) is 0 Å². The van der Waals surface area contributed by atoms with E-state index >= 15 is 0 Å². The van der Waals surface area contributed by atoms with Crippen molar-refractivity contribution in [3.63, 3.8) is 0 Å². The number of thioether (sulfide) groups is 1. The third-order valence-electron chi connectivity index (χ3n) is 3.61. The summed E-state index contributed by atoms with van der Waals surface area (Å²) in [5.41, 5.74) is 1.07. The van der Waals surface area contributed by atoms with E-state index in [1.54, 1.807) is 24.3 Å². The Kier molecular flexibility index (Phi) is 8.91. The zero-order valence-corrected chi connectivity index (χ0v) is 16.3. The molecular weight excluding hydrogens is 395 g/mol. The Morgan fingerprint density at radius 2 is 1.54 bits per heavy atom. The first-order valence-corrected chi connectivity index (χ1v) is 9.71. The molecule has 2 aromatic carbocycles. The molecule has 0 aromatic heterocycles. The minimum Gasteiger partial charge on any atom is -0.392 e. The molecule has 1 fully saturated rings. The van der Waals surface area contributed by atoms with Crippen molar-refractivity contribution in [2.75, 3.05) is 6.61 Å². The van der Waals surface area contributed by atoms with Gasteiger partial charge in [-0.05, 0) is 35.4 Å². The van der Waals surface area contributed by atoms with Crippen LogP contribution in [0.5, 0.6) is 0 Å². The molecule has 0 saturated carbocycles. The van der Waals surface area contributed by atoms with Gasteiger partial charge in [-0.25, -0.2) is 0 Å². The van der Waals surface area contributed by atoms with Gasteiger partial charge in [0, 0.05) is 21.7 Å². The number of ether oxygens (including phenoxy) is 1. The summed E-state index contributed by atoms with van der Waals surface area (Å²) in [4.78, 5) is 11.1. The first kappa shape index (κ1) is 21.2. The lowest BCUT2D eigenvalue weighted by Gasteiger charge is -2.09. The molecule has 1 aliphatic rings. The highest BCUT2D eigenvalue weighted by Crippen LogP contribution is 2.29. The summed E-state index contributed by atoms with van der Waals surface area (Å²) in [5, 5.41) is 19.3. The van der Waals surface area contributed by atoms with E-state index in [9.17, 15) is 9.90 Å². The third-order valence-corrected chi connectivity index (χ3v) is 5.32. The molecule has 0 aliphatic carbocycles. The second kappa shape index (κ2) is 10.9. The van der Waals surface area contributed by atoms with E-state index < -0.39 is 5.44 Å². The molecule has 2 N–H and O–H groups in total. The number of rotatable bonds is 5. The summed E-state index contributed by atoms with van der Waals surface area (Å²) in [7, 11) is 0. The Balaban J connectivity index is 0.000000228. The number of aliphatic hydroxyl groups is 2. The predicted molar refractivity (Wildman–Crippen MR) is 105 cm³/mol. The molecule has 2 unspecified atom stereocenters. The van der Waals surface area contributed by atoms with Crippen LogP contribution < -0.4 is 0 Å². The fraction of sp³-hybridized carbons (Fsp3) is 0.316. The van der Waals surface area contributed by atoms with Crippen molar-refractivity contribution in [3.05, 3.63) is 69.7 Å². The number of ketones is 1. The highest BCUT2D eigenvalue weighted by Gasteiger charge is 2.31. The average Bonchev–Trinajstić information content (AvgIpc) is 2.96. The number of Topliss-reactive ketones (excluding diaryl/α,β-unsaturated/α-hetero) is 1. The minimum atomic E-state index is -0.862. The maximum Gasteiger partial charge on any atom is 0.172 e. The summed E-state index contributed by atoms with van der Waals surface area (Å²) < 4.78 is 5.51.